The number of carboxylic acids is 1. The number of unbranched alkanes of at least 4 members (excludes halogenated alkanes) is 9. The van der Waals surface area contributed by atoms with E-state index in [0.29, 0.717) is 19.7 Å². The van der Waals surface area contributed by atoms with Crippen molar-refractivity contribution in [2.45, 2.75) is 96.2 Å². The summed E-state index contributed by atoms with van der Waals surface area (Å²) in [6.45, 7) is 7.04. The summed E-state index contributed by atoms with van der Waals surface area (Å²) in [5.74, 6) is -0.836. The van der Waals surface area contributed by atoms with Crippen LogP contribution in [-0.2, 0) is 9.53 Å². The van der Waals surface area contributed by atoms with Gasteiger partial charge in [-0.05, 0) is 6.42 Å². The molecule has 0 rings (SSSR count). The molecule has 3 N–H and O–H groups in total. The van der Waals surface area contributed by atoms with Crippen LogP contribution in [0.15, 0.2) is 12.7 Å². The molecule has 0 amide bonds. The van der Waals surface area contributed by atoms with Gasteiger partial charge in [0.05, 0.1) is 25.2 Å². The van der Waals surface area contributed by atoms with Gasteiger partial charge in [0.1, 0.15) is 0 Å². The van der Waals surface area contributed by atoms with Crippen molar-refractivity contribution in [1.82, 2.24) is 5.32 Å². The number of aliphatic hydroxyl groups is 1. The Kier molecular flexibility index (Phi) is 18.2. The van der Waals surface area contributed by atoms with Gasteiger partial charge in [-0.3, -0.25) is 4.79 Å². The number of rotatable bonds is 20. The third-order valence-corrected chi connectivity index (χ3v) is 4.57. The Morgan fingerprint density at radius 2 is 1.65 bits per heavy atom. The van der Waals surface area contributed by atoms with Gasteiger partial charge in [-0.15, -0.1) is 6.58 Å². The summed E-state index contributed by atoms with van der Waals surface area (Å²) >= 11 is 0. The Bertz CT molecular complexity index is 336. The predicted octanol–water partition coefficient (Wildman–Crippen LogP) is 4.29. The largest absolute Gasteiger partial charge is 0.481 e. The molecule has 5 heteroatoms. The first-order chi connectivity index (χ1) is 12.6. The third kappa shape index (κ3) is 16.6. The Morgan fingerprint density at radius 1 is 1.08 bits per heavy atom. The summed E-state index contributed by atoms with van der Waals surface area (Å²) in [6.07, 6.45) is 14.6. The molecule has 0 saturated heterocycles. The fourth-order valence-corrected chi connectivity index (χ4v) is 2.99. The second-order valence-electron chi connectivity index (χ2n) is 7.05. The van der Waals surface area contributed by atoms with E-state index < -0.39 is 12.1 Å². The highest BCUT2D eigenvalue weighted by Gasteiger charge is 2.19. The van der Waals surface area contributed by atoms with E-state index in [-0.39, 0.29) is 12.5 Å². The maximum absolute atomic E-state index is 10.5. The fourth-order valence-electron chi connectivity index (χ4n) is 2.99. The Labute approximate surface area is 160 Å². The summed E-state index contributed by atoms with van der Waals surface area (Å²) in [6, 6.07) is 0. The van der Waals surface area contributed by atoms with Crippen molar-refractivity contribution in [3.05, 3.63) is 12.7 Å². The molecule has 154 valence electrons. The van der Waals surface area contributed by atoms with Crippen LogP contribution in [0.2, 0.25) is 0 Å². The molecular weight excluding hydrogens is 330 g/mol. The molecule has 26 heavy (non-hydrogen) atoms. The number of nitrogens with one attached hydrogen (secondary N) is 1. The van der Waals surface area contributed by atoms with Crippen LogP contribution in [0.1, 0.15) is 84.0 Å². The van der Waals surface area contributed by atoms with Crippen LogP contribution < -0.4 is 5.32 Å². The molecule has 0 aliphatic rings. The molecule has 0 aromatic carbocycles. The lowest BCUT2D eigenvalue weighted by Crippen LogP contribution is -2.38. The van der Waals surface area contributed by atoms with Crippen molar-refractivity contribution in [2.75, 3.05) is 19.7 Å². The van der Waals surface area contributed by atoms with Crippen LogP contribution in [0.5, 0.6) is 0 Å². The fraction of sp³-hybridized carbons (Fsp3) is 0.857. The summed E-state index contributed by atoms with van der Waals surface area (Å²) < 4.78 is 5.69. The van der Waals surface area contributed by atoms with Crippen LogP contribution in [0.4, 0.5) is 0 Å². The zero-order valence-electron chi connectivity index (χ0n) is 16.8. The van der Waals surface area contributed by atoms with E-state index >= 15 is 0 Å². The van der Waals surface area contributed by atoms with E-state index in [4.69, 9.17) is 9.84 Å². The standard InChI is InChI=1S/C21H41NO4/c1-3-5-6-7-8-9-10-11-12-13-14-20(26-17-4-2)19(23)18-22-16-15-21(24)25/h4,19-20,22-23H,2-3,5-18H2,1H3,(H,24,25). The molecule has 5 nitrogen and oxygen atoms in total. The van der Waals surface area contributed by atoms with Gasteiger partial charge in [-0.25, -0.2) is 0 Å². The molecule has 0 aromatic heterocycles. The summed E-state index contributed by atoms with van der Waals surface area (Å²) in [7, 11) is 0. The number of hydrogen-bond acceptors (Lipinski definition) is 4. The number of aliphatic hydroxyl groups excluding tert-OH is 1. The zero-order valence-corrected chi connectivity index (χ0v) is 16.8. The van der Waals surface area contributed by atoms with Gasteiger partial charge >= 0.3 is 5.97 Å². The maximum Gasteiger partial charge on any atom is 0.304 e. The maximum atomic E-state index is 10.5. The lowest BCUT2D eigenvalue weighted by atomic mass is 10.0. The van der Waals surface area contributed by atoms with Crippen LogP contribution in [0, 0.1) is 0 Å². The summed E-state index contributed by atoms with van der Waals surface area (Å²) in [4.78, 5) is 10.5. The Balaban J connectivity index is 3.78. The number of carbonyl (C=O) groups is 1. The lowest BCUT2D eigenvalue weighted by molar-refractivity contribution is -0.136. The van der Waals surface area contributed by atoms with Gasteiger partial charge in [0.25, 0.3) is 0 Å². The normalized spacial score (nSPS) is 13.5. The molecule has 0 fully saturated rings. The number of aliphatic carboxylic acids is 1. The number of ether oxygens (including phenoxy) is 1. The average molecular weight is 372 g/mol. The van der Waals surface area contributed by atoms with Gasteiger partial charge in [-0.2, -0.15) is 0 Å². The second kappa shape index (κ2) is 18.9. The van der Waals surface area contributed by atoms with E-state index in [9.17, 15) is 9.90 Å². The highest BCUT2D eigenvalue weighted by Crippen LogP contribution is 2.14. The monoisotopic (exact) mass is 371 g/mol. The number of hydrogen-bond donors (Lipinski definition) is 3. The first-order valence-corrected chi connectivity index (χ1v) is 10.4. The molecule has 0 aromatic rings. The summed E-state index contributed by atoms with van der Waals surface area (Å²) in [5, 5.41) is 21.9. The highest BCUT2D eigenvalue weighted by atomic mass is 16.5. The highest BCUT2D eigenvalue weighted by molar-refractivity contribution is 5.66. The van der Waals surface area contributed by atoms with Crippen molar-refractivity contribution in [3.63, 3.8) is 0 Å². The van der Waals surface area contributed by atoms with Crippen molar-refractivity contribution in [2.24, 2.45) is 0 Å². The van der Waals surface area contributed by atoms with E-state index in [1.165, 1.54) is 57.8 Å². The quantitative estimate of drug-likeness (QED) is 0.220. The molecule has 0 bridgehead atoms. The Morgan fingerprint density at radius 3 is 2.19 bits per heavy atom. The van der Waals surface area contributed by atoms with Gasteiger partial charge in [0.2, 0.25) is 0 Å². The minimum atomic E-state index is -0.836. The van der Waals surface area contributed by atoms with E-state index in [1.807, 2.05) is 0 Å². The molecule has 0 heterocycles. The van der Waals surface area contributed by atoms with Crippen molar-refractivity contribution in [3.8, 4) is 0 Å². The average Bonchev–Trinajstić information content (AvgIpc) is 2.62. The van der Waals surface area contributed by atoms with Crippen LogP contribution in [0.25, 0.3) is 0 Å². The Hall–Kier alpha value is -0.910. The molecule has 0 spiro atoms. The van der Waals surface area contributed by atoms with E-state index in [1.54, 1.807) is 6.08 Å². The van der Waals surface area contributed by atoms with Gasteiger partial charge in [-0.1, -0.05) is 77.2 Å². The van der Waals surface area contributed by atoms with Crippen LogP contribution in [-0.4, -0.2) is 48.1 Å². The first kappa shape index (κ1) is 25.1. The minimum absolute atomic E-state index is 0.0589. The second-order valence-corrected chi connectivity index (χ2v) is 7.05. The first-order valence-electron chi connectivity index (χ1n) is 10.4. The van der Waals surface area contributed by atoms with Crippen LogP contribution in [0.3, 0.4) is 0 Å². The molecule has 0 saturated carbocycles. The number of carboxylic acid groups (broad SMARTS) is 1. The predicted molar refractivity (Wildman–Crippen MR) is 108 cm³/mol. The van der Waals surface area contributed by atoms with Crippen molar-refractivity contribution < 1.29 is 19.7 Å². The summed E-state index contributed by atoms with van der Waals surface area (Å²) in [5.41, 5.74) is 0. The molecule has 2 unspecified atom stereocenters. The molecule has 0 aliphatic carbocycles. The lowest BCUT2D eigenvalue weighted by Gasteiger charge is -2.23. The van der Waals surface area contributed by atoms with E-state index in [0.717, 1.165) is 12.8 Å². The molecule has 0 aliphatic heterocycles. The smallest absolute Gasteiger partial charge is 0.304 e. The molecule has 0 radical (unpaired) electrons. The molecule has 2 atom stereocenters. The van der Waals surface area contributed by atoms with Crippen LogP contribution >= 0.6 is 0 Å². The van der Waals surface area contributed by atoms with Crippen molar-refractivity contribution in [1.29, 1.82) is 0 Å². The van der Waals surface area contributed by atoms with Gasteiger partial charge < -0.3 is 20.3 Å². The SMILES string of the molecule is C=CCOC(CCCCCCCCCCCC)C(O)CNCCC(=O)O. The third-order valence-electron chi connectivity index (χ3n) is 4.57. The minimum Gasteiger partial charge on any atom is -0.481 e. The topological polar surface area (TPSA) is 78.8 Å². The van der Waals surface area contributed by atoms with Gasteiger partial charge in [0.15, 0.2) is 0 Å². The molecular formula is C21H41NO4. The van der Waals surface area contributed by atoms with E-state index in [2.05, 4.69) is 18.8 Å². The zero-order chi connectivity index (χ0) is 19.5. The van der Waals surface area contributed by atoms with Crippen molar-refractivity contribution >= 4 is 5.97 Å². The van der Waals surface area contributed by atoms with Gasteiger partial charge in [0, 0.05) is 13.1 Å².